The highest BCUT2D eigenvalue weighted by atomic mass is 35.5. The molecule has 0 bridgehead atoms. The first-order valence-corrected chi connectivity index (χ1v) is 6.35. The van der Waals surface area contributed by atoms with Crippen LogP contribution in [0, 0.1) is 0 Å². The molecule has 0 aliphatic rings. The van der Waals surface area contributed by atoms with Gasteiger partial charge in [-0.1, -0.05) is 18.5 Å². The van der Waals surface area contributed by atoms with Crippen molar-refractivity contribution in [2.45, 2.75) is 39.3 Å². The summed E-state index contributed by atoms with van der Waals surface area (Å²) in [5.41, 5.74) is 8.02. The molecule has 17 heavy (non-hydrogen) atoms. The number of rotatable bonds is 3. The highest BCUT2D eigenvalue weighted by molar-refractivity contribution is 6.31. The van der Waals surface area contributed by atoms with Crippen LogP contribution in [0.1, 0.15) is 45.1 Å². The first-order chi connectivity index (χ1) is 8.04. The number of halogens is 1. The number of imidazole rings is 1. The molecule has 0 radical (unpaired) electrons. The summed E-state index contributed by atoms with van der Waals surface area (Å²) in [5, 5.41) is 0.711. The molecule has 0 fully saturated rings. The third-order valence-electron chi connectivity index (χ3n) is 3.12. The Balaban J connectivity index is 2.71. The SMILES string of the molecule is CC[C@H](C)n1c([C@H](C)N)nc2cc(Cl)ccc21. The average molecular weight is 252 g/mol. The van der Waals surface area contributed by atoms with Crippen LogP contribution in [-0.4, -0.2) is 9.55 Å². The Bertz CT molecular complexity index is 531. The number of hydrogen-bond acceptors (Lipinski definition) is 2. The molecular weight excluding hydrogens is 234 g/mol. The summed E-state index contributed by atoms with van der Waals surface area (Å²) in [6.45, 7) is 6.31. The Morgan fingerprint density at radius 3 is 2.71 bits per heavy atom. The van der Waals surface area contributed by atoms with E-state index in [2.05, 4.69) is 23.4 Å². The van der Waals surface area contributed by atoms with E-state index < -0.39 is 0 Å². The van der Waals surface area contributed by atoms with Crippen LogP contribution in [-0.2, 0) is 0 Å². The summed E-state index contributed by atoms with van der Waals surface area (Å²) >= 11 is 5.99. The van der Waals surface area contributed by atoms with Gasteiger partial charge in [0.05, 0.1) is 17.1 Å². The monoisotopic (exact) mass is 251 g/mol. The lowest BCUT2D eigenvalue weighted by Gasteiger charge is -2.17. The molecule has 3 nitrogen and oxygen atoms in total. The minimum Gasteiger partial charge on any atom is -0.324 e. The summed E-state index contributed by atoms with van der Waals surface area (Å²) in [6.07, 6.45) is 1.05. The first kappa shape index (κ1) is 12.4. The van der Waals surface area contributed by atoms with E-state index in [1.165, 1.54) is 0 Å². The lowest BCUT2D eigenvalue weighted by atomic mass is 10.2. The lowest BCUT2D eigenvalue weighted by molar-refractivity contribution is 0.506. The van der Waals surface area contributed by atoms with E-state index in [9.17, 15) is 0 Å². The lowest BCUT2D eigenvalue weighted by Crippen LogP contribution is -2.16. The summed E-state index contributed by atoms with van der Waals surface area (Å²) < 4.78 is 2.22. The van der Waals surface area contributed by atoms with Gasteiger partial charge in [-0.2, -0.15) is 0 Å². The van der Waals surface area contributed by atoms with Crippen molar-refractivity contribution in [2.75, 3.05) is 0 Å². The largest absolute Gasteiger partial charge is 0.324 e. The molecule has 1 heterocycles. The van der Waals surface area contributed by atoms with Crippen LogP contribution in [0.15, 0.2) is 18.2 Å². The predicted octanol–water partition coefficient (Wildman–Crippen LogP) is 3.68. The molecular formula is C13H18ClN3. The molecule has 2 aromatic rings. The fraction of sp³-hybridized carbons (Fsp3) is 0.462. The molecule has 0 aliphatic heterocycles. The van der Waals surface area contributed by atoms with Gasteiger partial charge in [0.15, 0.2) is 0 Å². The van der Waals surface area contributed by atoms with Crippen molar-refractivity contribution in [3.63, 3.8) is 0 Å². The molecule has 1 aromatic carbocycles. The van der Waals surface area contributed by atoms with Gasteiger partial charge in [0.25, 0.3) is 0 Å². The molecule has 2 rings (SSSR count). The van der Waals surface area contributed by atoms with Crippen LogP contribution in [0.25, 0.3) is 11.0 Å². The third-order valence-corrected chi connectivity index (χ3v) is 3.35. The maximum Gasteiger partial charge on any atom is 0.126 e. The predicted molar refractivity (Wildman–Crippen MR) is 72.3 cm³/mol. The second kappa shape index (κ2) is 4.67. The van der Waals surface area contributed by atoms with Crippen LogP contribution in [0.4, 0.5) is 0 Å². The summed E-state index contributed by atoms with van der Waals surface area (Å²) in [4.78, 5) is 4.60. The van der Waals surface area contributed by atoms with Gasteiger partial charge in [-0.05, 0) is 38.5 Å². The van der Waals surface area contributed by atoms with E-state index in [1.807, 2.05) is 25.1 Å². The Kier molecular flexibility index (Phi) is 3.40. The van der Waals surface area contributed by atoms with E-state index in [4.69, 9.17) is 17.3 Å². The average Bonchev–Trinajstić information content (AvgIpc) is 2.66. The van der Waals surface area contributed by atoms with Crippen LogP contribution in [0.2, 0.25) is 5.02 Å². The maximum atomic E-state index is 5.99. The van der Waals surface area contributed by atoms with Gasteiger partial charge in [0.1, 0.15) is 5.82 Å². The highest BCUT2D eigenvalue weighted by Crippen LogP contribution is 2.27. The van der Waals surface area contributed by atoms with Crippen molar-refractivity contribution >= 4 is 22.6 Å². The molecule has 0 unspecified atom stereocenters. The van der Waals surface area contributed by atoms with Gasteiger partial charge < -0.3 is 10.3 Å². The van der Waals surface area contributed by atoms with Crippen molar-refractivity contribution in [1.29, 1.82) is 0 Å². The van der Waals surface area contributed by atoms with E-state index in [0.29, 0.717) is 11.1 Å². The molecule has 92 valence electrons. The minimum absolute atomic E-state index is 0.0739. The third kappa shape index (κ3) is 2.17. The number of nitrogens with two attached hydrogens (primary N) is 1. The molecule has 0 aliphatic carbocycles. The van der Waals surface area contributed by atoms with Crippen LogP contribution in [0.5, 0.6) is 0 Å². The van der Waals surface area contributed by atoms with E-state index in [1.54, 1.807) is 0 Å². The van der Waals surface area contributed by atoms with Crippen LogP contribution in [0.3, 0.4) is 0 Å². The standard InChI is InChI=1S/C13H18ClN3/c1-4-8(2)17-12-6-5-10(14)7-11(12)16-13(17)9(3)15/h5-9H,4,15H2,1-3H3/t8-,9-/m0/s1. The van der Waals surface area contributed by atoms with E-state index in [-0.39, 0.29) is 6.04 Å². The molecule has 0 saturated carbocycles. The van der Waals surface area contributed by atoms with Gasteiger partial charge in [-0.25, -0.2) is 4.98 Å². The van der Waals surface area contributed by atoms with Gasteiger partial charge >= 0.3 is 0 Å². The molecule has 1 aromatic heterocycles. The van der Waals surface area contributed by atoms with Gasteiger partial charge in [-0.15, -0.1) is 0 Å². The van der Waals surface area contributed by atoms with Gasteiger partial charge in [0, 0.05) is 11.1 Å². The number of hydrogen-bond donors (Lipinski definition) is 1. The Labute approximate surface area is 107 Å². The second-order valence-electron chi connectivity index (χ2n) is 4.52. The Morgan fingerprint density at radius 2 is 2.12 bits per heavy atom. The maximum absolute atomic E-state index is 5.99. The first-order valence-electron chi connectivity index (χ1n) is 5.97. The van der Waals surface area contributed by atoms with Gasteiger partial charge in [0.2, 0.25) is 0 Å². The number of aromatic nitrogens is 2. The van der Waals surface area contributed by atoms with Crippen LogP contribution >= 0.6 is 11.6 Å². The molecule has 2 atom stereocenters. The van der Waals surface area contributed by atoms with Crippen molar-refractivity contribution in [3.8, 4) is 0 Å². The zero-order valence-electron chi connectivity index (χ0n) is 10.4. The zero-order chi connectivity index (χ0) is 12.6. The topological polar surface area (TPSA) is 43.8 Å². The quantitative estimate of drug-likeness (QED) is 0.904. The Hall–Kier alpha value is -1.06. The van der Waals surface area contributed by atoms with E-state index >= 15 is 0 Å². The molecule has 0 spiro atoms. The summed E-state index contributed by atoms with van der Waals surface area (Å²) in [5.74, 6) is 0.927. The molecule has 4 heteroatoms. The molecule has 0 amide bonds. The summed E-state index contributed by atoms with van der Waals surface area (Å²) in [7, 11) is 0. The second-order valence-corrected chi connectivity index (χ2v) is 4.96. The smallest absolute Gasteiger partial charge is 0.126 e. The molecule has 2 N–H and O–H groups in total. The van der Waals surface area contributed by atoms with Crippen molar-refractivity contribution in [2.24, 2.45) is 5.73 Å². The number of fused-ring (bicyclic) bond motifs is 1. The van der Waals surface area contributed by atoms with Gasteiger partial charge in [-0.3, -0.25) is 0 Å². The summed E-state index contributed by atoms with van der Waals surface area (Å²) in [6, 6.07) is 6.12. The molecule has 0 saturated heterocycles. The fourth-order valence-corrected chi connectivity index (χ4v) is 2.22. The van der Waals surface area contributed by atoms with Crippen molar-refractivity contribution in [3.05, 3.63) is 29.0 Å². The highest BCUT2D eigenvalue weighted by Gasteiger charge is 2.17. The number of benzene rings is 1. The number of nitrogens with zero attached hydrogens (tertiary/aromatic N) is 2. The van der Waals surface area contributed by atoms with Crippen molar-refractivity contribution in [1.82, 2.24) is 9.55 Å². The minimum atomic E-state index is -0.0739. The normalized spacial score (nSPS) is 15.1. The van der Waals surface area contributed by atoms with Crippen molar-refractivity contribution < 1.29 is 0 Å². The fourth-order valence-electron chi connectivity index (χ4n) is 2.06. The van der Waals surface area contributed by atoms with Crippen LogP contribution < -0.4 is 5.73 Å². The Morgan fingerprint density at radius 1 is 1.41 bits per heavy atom. The van der Waals surface area contributed by atoms with E-state index in [0.717, 1.165) is 23.3 Å². The zero-order valence-corrected chi connectivity index (χ0v) is 11.2.